The lowest BCUT2D eigenvalue weighted by Crippen LogP contribution is -2.11. The summed E-state index contributed by atoms with van der Waals surface area (Å²) >= 11 is 0. The smallest absolute Gasteiger partial charge is 0.266 e. The third-order valence-corrected chi connectivity index (χ3v) is 3.07. The molecule has 0 aliphatic heterocycles. The van der Waals surface area contributed by atoms with Gasteiger partial charge in [-0.15, -0.1) is 10.2 Å². The molecule has 3 aromatic rings. The van der Waals surface area contributed by atoms with Crippen LogP contribution < -0.4 is 5.73 Å². The van der Waals surface area contributed by atoms with E-state index < -0.39 is 5.91 Å². The molecule has 0 bridgehead atoms. The van der Waals surface area contributed by atoms with E-state index in [-0.39, 0.29) is 11.5 Å². The van der Waals surface area contributed by atoms with E-state index >= 15 is 0 Å². The molecule has 8 nitrogen and oxygen atoms in total. The van der Waals surface area contributed by atoms with Gasteiger partial charge in [0.2, 0.25) is 5.89 Å². The number of carbonyl (C=O) groups is 1. The number of aromatic nitrogens is 5. The van der Waals surface area contributed by atoms with Crippen molar-refractivity contribution in [2.45, 2.75) is 26.7 Å². The summed E-state index contributed by atoms with van der Waals surface area (Å²) in [6.07, 6.45) is 1.40. The van der Waals surface area contributed by atoms with Crippen LogP contribution in [-0.2, 0) is 0 Å². The van der Waals surface area contributed by atoms with Crippen molar-refractivity contribution in [2.24, 2.45) is 5.73 Å². The van der Waals surface area contributed by atoms with Crippen molar-refractivity contribution in [3.05, 3.63) is 29.4 Å². The van der Waals surface area contributed by atoms with Gasteiger partial charge in [0.1, 0.15) is 11.3 Å². The molecule has 0 saturated heterocycles. The molecule has 0 aromatic carbocycles. The van der Waals surface area contributed by atoms with E-state index in [1.54, 1.807) is 10.6 Å². The van der Waals surface area contributed by atoms with Gasteiger partial charge >= 0.3 is 0 Å². The highest BCUT2D eigenvalue weighted by molar-refractivity contribution is 5.98. The van der Waals surface area contributed by atoms with E-state index in [9.17, 15) is 4.79 Å². The van der Waals surface area contributed by atoms with Gasteiger partial charge in [0.05, 0.1) is 6.20 Å². The highest BCUT2D eigenvalue weighted by Crippen LogP contribution is 2.22. The zero-order chi connectivity index (χ0) is 15.1. The highest BCUT2D eigenvalue weighted by atomic mass is 16.4. The second-order valence-corrected chi connectivity index (χ2v) is 5.04. The Kier molecular flexibility index (Phi) is 2.93. The fraction of sp³-hybridized carbons (Fsp3) is 0.308. The first-order chi connectivity index (χ1) is 9.97. The molecule has 108 valence electrons. The number of fused-ring (bicyclic) bond motifs is 1. The van der Waals surface area contributed by atoms with Gasteiger partial charge in [-0.05, 0) is 13.0 Å². The van der Waals surface area contributed by atoms with Crippen LogP contribution in [0.25, 0.3) is 17.2 Å². The Hall–Kier alpha value is -2.77. The van der Waals surface area contributed by atoms with Gasteiger partial charge in [0.15, 0.2) is 5.65 Å². The van der Waals surface area contributed by atoms with Crippen molar-refractivity contribution < 1.29 is 9.21 Å². The van der Waals surface area contributed by atoms with Gasteiger partial charge in [-0.1, -0.05) is 13.8 Å². The minimum Gasteiger partial charge on any atom is -0.419 e. The standard InChI is InChI=1S/C13H14N6O2/c1-6(2)12-17-18-13(21-12)9-4-7(3)19-11(16-9)8(5-15-19)10(14)20/h4-6H,1-3H3,(H2,14,20). The van der Waals surface area contributed by atoms with Crippen LogP contribution in [0.2, 0.25) is 0 Å². The lowest BCUT2D eigenvalue weighted by Gasteiger charge is -2.02. The van der Waals surface area contributed by atoms with E-state index in [1.807, 2.05) is 20.8 Å². The van der Waals surface area contributed by atoms with Gasteiger partial charge in [-0.3, -0.25) is 4.79 Å². The molecular formula is C13H14N6O2. The molecule has 0 saturated carbocycles. The quantitative estimate of drug-likeness (QED) is 0.776. The van der Waals surface area contributed by atoms with Crippen molar-refractivity contribution in [2.75, 3.05) is 0 Å². The van der Waals surface area contributed by atoms with Crippen LogP contribution in [0.3, 0.4) is 0 Å². The first kappa shape index (κ1) is 13.2. The van der Waals surface area contributed by atoms with Crippen molar-refractivity contribution >= 4 is 11.6 Å². The molecule has 0 radical (unpaired) electrons. The molecule has 2 N–H and O–H groups in total. The molecule has 0 spiro atoms. The molecule has 1 amide bonds. The summed E-state index contributed by atoms with van der Waals surface area (Å²) in [6, 6.07) is 1.77. The maximum absolute atomic E-state index is 11.4. The zero-order valence-corrected chi connectivity index (χ0v) is 11.9. The molecule has 0 unspecified atom stereocenters. The molecular weight excluding hydrogens is 272 g/mol. The van der Waals surface area contributed by atoms with E-state index in [2.05, 4.69) is 20.3 Å². The summed E-state index contributed by atoms with van der Waals surface area (Å²) in [5, 5.41) is 12.1. The summed E-state index contributed by atoms with van der Waals surface area (Å²) in [5.74, 6) is 0.392. The first-order valence-corrected chi connectivity index (χ1v) is 6.46. The molecule has 3 rings (SSSR count). The second-order valence-electron chi connectivity index (χ2n) is 5.04. The summed E-state index contributed by atoms with van der Waals surface area (Å²) in [5.41, 5.74) is 7.23. The third kappa shape index (κ3) is 2.14. The summed E-state index contributed by atoms with van der Waals surface area (Å²) in [6.45, 7) is 5.76. The fourth-order valence-electron chi connectivity index (χ4n) is 1.97. The number of aryl methyl sites for hydroxylation is 1. The SMILES string of the molecule is Cc1cc(-c2nnc(C(C)C)o2)nc2c(C(N)=O)cnn12. The molecule has 0 aliphatic rings. The van der Waals surface area contributed by atoms with Crippen LogP contribution >= 0.6 is 0 Å². The van der Waals surface area contributed by atoms with E-state index in [1.165, 1.54) is 6.20 Å². The van der Waals surface area contributed by atoms with Gasteiger partial charge < -0.3 is 10.2 Å². The second kappa shape index (κ2) is 4.65. The number of hydrogen-bond acceptors (Lipinski definition) is 6. The van der Waals surface area contributed by atoms with Gasteiger partial charge in [-0.25, -0.2) is 9.50 Å². The fourth-order valence-corrected chi connectivity index (χ4v) is 1.97. The first-order valence-electron chi connectivity index (χ1n) is 6.46. The van der Waals surface area contributed by atoms with Gasteiger partial charge in [0, 0.05) is 11.6 Å². The highest BCUT2D eigenvalue weighted by Gasteiger charge is 2.17. The molecule has 21 heavy (non-hydrogen) atoms. The lowest BCUT2D eigenvalue weighted by atomic mass is 10.2. The summed E-state index contributed by atoms with van der Waals surface area (Å²) < 4.78 is 7.13. The summed E-state index contributed by atoms with van der Waals surface area (Å²) in [7, 11) is 0. The van der Waals surface area contributed by atoms with Crippen LogP contribution in [0.1, 0.15) is 41.7 Å². The van der Waals surface area contributed by atoms with E-state index in [0.717, 1.165) is 5.69 Å². The van der Waals surface area contributed by atoms with Crippen LogP contribution in [-0.4, -0.2) is 30.7 Å². The van der Waals surface area contributed by atoms with Crippen LogP contribution in [0.5, 0.6) is 0 Å². The van der Waals surface area contributed by atoms with Crippen LogP contribution in [0.15, 0.2) is 16.7 Å². The molecule has 0 fully saturated rings. The van der Waals surface area contributed by atoms with E-state index in [0.29, 0.717) is 23.1 Å². The predicted octanol–water partition coefficient (Wildman–Crippen LogP) is 1.31. The summed E-state index contributed by atoms with van der Waals surface area (Å²) in [4.78, 5) is 15.8. The molecule has 3 aromatic heterocycles. The molecule has 0 atom stereocenters. The van der Waals surface area contributed by atoms with Crippen molar-refractivity contribution in [1.82, 2.24) is 24.8 Å². The maximum Gasteiger partial charge on any atom is 0.266 e. The van der Waals surface area contributed by atoms with Crippen molar-refractivity contribution in [1.29, 1.82) is 0 Å². The number of hydrogen-bond donors (Lipinski definition) is 1. The number of nitrogens with zero attached hydrogens (tertiary/aromatic N) is 5. The van der Waals surface area contributed by atoms with Crippen molar-refractivity contribution in [3.63, 3.8) is 0 Å². The van der Waals surface area contributed by atoms with Crippen LogP contribution in [0.4, 0.5) is 0 Å². The normalized spacial score (nSPS) is 11.4. The van der Waals surface area contributed by atoms with Crippen molar-refractivity contribution in [3.8, 4) is 11.6 Å². The van der Waals surface area contributed by atoms with Gasteiger partial charge in [-0.2, -0.15) is 5.10 Å². The van der Waals surface area contributed by atoms with Crippen LogP contribution in [0, 0.1) is 6.92 Å². The Morgan fingerprint density at radius 3 is 2.76 bits per heavy atom. The predicted molar refractivity (Wildman–Crippen MR) is 73.6 cm³/mol. The lowest BCUT2D eigenvalue weighted by molar-refractivity contribution is 0.100. The molecule has 8 heteroatoms. The minimum atomic E-state index is -0.581. The monoisotopic (exact) mass is 286 g/mol. The molecule has 0 aliphatic carbocycles. The minimum absolute atomic E-state index is 0.132. The third-order valence-electron chi connectivity index (χ3n) is 3.07. The Morgan fingerprint density at radius 1 is 1.38 bits per heavy atom. The zero-order valence-electron chi connectivity index (χ0n) is 11.9. The Balaban J connectivity index is 2.18. The Bertz CT molecular complexity index is 832. The number of nitrogens with two attached hydrogens (primary N) is 1. The van der Waals surface area contributed by atoms with Gasteiger partial charge in [0.25, 0.3) is 11.8 Å². The number of primary amides is 1. The maximum atomic E-state index is 11.4. The Morgan fingerprint density at radius 2 is 2.14 bits per heavy atom. The molecule has 3 heterocycles. The largest absolute Gasteiger partial charge is 0.419 e. The topological polar surface area (TPSA) is 112 Å². The number of carbonyl (C=O) groups excluding carboxylic acids is 1. The average Bonchev–Trinajstić information content (AvgIpc) is 3.05. The number of amides is 1. The Labute approximate surface area is 120 Å². The average molecular weight is 286 g/mol. The van der Waals surface area contributed by atoms with E-state index in [4.69, 9.17) is 10.2 Å². The number of rotatable bonds is 3.